The molecule has 0 aromatic carbocycles. The topological polar surface area (TPSA) is 75.7 Å². The molecule has 0 rings (SSSR count). The molecule has 0 aromatic rings. The molecule has 0 N–H and O–H groups in total. The van der Waals surface area contributed by atoms with Gasteiger partial charge in [-0.25, -0.2) is 4.79 Å². The van der Waals surface area contributed by atoms with E-state index in [0.717, 1.165) is 14.2 Å². The maximum Gasteiger partial charge on any atom is 1.00 e. The average Bonchev–Trinajstić information content (AvgIpc) is 1.88. The number of aliphatic carboxylic acids is 1. The molecule has 0 saturated carbocycles. The Labute approximate surface area is 75.8 Å². The quantitative estimate of drug-likeness (QED) is 0.231. The fraction of sp³-hybridized carbons (Fsp3) is 0.600. The Morgan fingerprint density at radius 3 is 1.91 bits per heavy atom. The van der Waals surface area contributed by atoms with Crippen molar-refractivity contribution in [2.45, 2.75) is 6.10 Å². The first-order valence-electron chi connectivity index (χ1n) is 2.45. The Kier molecular flexibility index (Phi) is 7.42. The van der Waals surface area contributed by atoms with Crippen LogP contribution in [0.2, 0.25) is 0 Å². The number of hydrogen-bond donors (Lipinski definition) is 0. The van der Waals surface area contributed by atoms with Crippen molar-refractivity contribution in [3.05, 3.63) is 0 Å². The zero-order valence-electron chi connectivity index (χ0n) is 6.62. The molecule has 6 heteroatoms. The van der Waals surface area contributed by atoms with Crippen LogP contribution in [0.5, 0.6) is 0 Å². The van der Waals surface area contributed by atoms with Crippen molar-refractivity contribution in [3.63, 3.8) is 0 Å². The summed E-state index contributed by atoms with van der Waals surface area (Å²) in [6.07, 6.45) is -1.62. The zero-order chi connectivity index (χ0) is 8.15. The molecule has 0 aliphatic rings. The van der Waals surface area contributed by atoms with Crippen molar-refractivity contribution in [2.75, 3.05) is 14.2 Å². The second-order valence-corrected chi connectivity index (χ2v) is 1.46. The SMILES string of the molecule is COC(=O)C(OC)C(=O)[O-].[Li+]. The summed E-state index contributed by atoms with van der Waals surface area (Å²) < 4.78 is 8.31. The van der Waals surface area contributed by atoms with Crippen LogP contribution in [0.3, 0.4) is 0 Å². The van der Waals surface area contributed by atoms with E-state index in [0.29, 0.717) is 0 Å². The van der Waals surface area contributed by atoms with E-state index in [-0.39, 0.29) is 18.9 Å². The van der Waals surface area contributed by atoms with Gasteiger partial charge in [0, 0.05) is 7.11 Å². The monoisotopic (exact) mass is 154 g/mol. The van der Waals surface area contributed by atoms with Crippen molar-refractivity contribution in [2.24, 2.45) is 0 Å². The normalized spacial score (nSPS) is 11.1. The third-order valence-corrected chi connectivity index (χ3v) is 0.865. The summed E-state index contributed by atoms with van der Waals surface area (Å²) in [7, 11) is 2.15. The van der Waals surface area contributed by atoms with E-state index < -0.39 is 18.0 Å². The number of ether oxygens (including phenoxy) is 2. The first-order valence-corrected chi connectivity index (χ1v) is 2.45. The van der Waals surface area contributed by atoms with Crippen LogP contribution in [0.15, 0.2) is 0 Å². The molecule has 0 aromatic heterocycles. The fourth-order valence-electron chi connectivity index (χ4n) is 0.396. The second kappa shape index (κ2) is 6.22. The Balaban J connectivity index is 0. The maximum absolute atomic E-state index is 10.4. The van der Waals surface area contributed by atoms with Crippen LogP contribution in [0.25, 0.3) is 0 Å². The number of carboxylic acid groups (broad SMARTS) is 1. The van der Waals surface area contributed by atoms with Crippen LogP contribution >= 0.6 is 0 Å². The molecule has 0 spiro atoms. The van der Waals surface area contributed by atoms with Gasteiger partial charge >= 0.3 is 24.8 Å². The molecule has 0 aliphatic carbocycles. The molecule has 0 radical (unpaired) electrons. The molecule has 0 heterocycles. The smallest absolute Gasteiger partial charge is 0.547 e. The van der Waals surface area contributed by atoms with Gasteiger partial charge in [0.15, 0.2) is 6.10 Å². The number of hydrogen-bond acceptors (Lipinski definition) is 5. The van der Waals surface area contributed by atoms with Crippen LogP contribution in [0, 0.1) is 0 Å². The summed E-state index contributed by atoms with van der Waals surface area (Å²) in [6, 6.07) is 0. The van der Waals surface area contributed by atoms with E-state index in [1.807, 2.05) is 0 Å². The molecular formula is C5H7LiO5. The molecule has 5 nitrogen and oxygen atoms in total. The first kappa shape index (κ1) is 13.1. The van der Waals surface area contributed by atoms with Gasteiger partial charge in [0.2, 0.25) is 0 Å². The van der Waals surface area contributed by atoms with E-state index in [9.17, 15) is 14.7 Å². The Hall–Kier alpha value is -0.503. The molecular weight excluding hydrogens is 147 g/mol. The number of carboxylic acids is 1. The summed E-state index contributed by atoms with van der Waals surface area (Å²) in [6.45, 7) is 0. The largest absolute Gasteiger partial charge is 1.00 e. The molecule has 0 bridgehead atoms. The van der Waals surface area contributed by atoms with Crippen LogP contribution in [0.4, 0.5) is 0 Å². The van der Waals surface area contributed by atoms with E-state index in [1.165, 1.54) is 0 Å². The molecule has 0 fully saturated rings. The summed E-state index contributed by atoms with van der Waals surface area (Å²) in [5, 5.41) is 9.99. The third kappa shape index (κ3) is 4.04. The molecule has 0 amide bonds. The standard InChI is InChI=1S/C5H8O5.Li/c1-9-3(4(6)7)5(8)10-2;/h3H,1-2H3,(H,6,7);/q;+1/p-1. The number of methoxy groups -OCH3 is 2. The molecule has 0 saturated heterocycles. The summed E-state index contributed by atoms with van der Waals surface area (Å²) >= 11 is 0. The Bertz CT molecular complexity index is 146. The van der Waals surface area contributed by atoms with Crippen molar-refractivity contribution < 1.29 is 43.0 Å². The average molecular weight is 154 g/mol. The van der Waals surface area contributed by atoms with Gasteiger partial charge in [-0.05, 0) is 0 Å². The number of carbonyl (C=O) groups excluding carboxylic acids is 2. The molecule has 58 valence electrons. The molecule has 0 aliphatic heterocycles. The maximum atomic E-state index is 10.4. The first-order chi connectivity index (χ1) is 4.63. The van der Waals surface area contributed by atoms with Gasteiger partial charge in [0.05, 0.1) is 13.1 Å². The fourth-order valence-corrected chi connectivity index (χ4v) is 0.396. The Morgan fingerprint density at radius 1 is 1.36 bits per heavy atom. The minimum absolute atomic E-state index is 0. The van der Waals surface area contributed by atoms with E-state index in [4.69, 9.17) is 0 Å². The number of esters is 1. The minimum atomic E-state index is -1.62. The zero-order valence-corrected chi connectivity index (χ0v) is 6.62. The Morgan fingerprint density at radius 2 is 1.82 bits per heavy atom. The van der Waals surface area contributed by atoms with Crippen LogP contribution in [-0.4, -0.2) is 32.3 Å². The van der Waals surface area contributed by atoms with Crippen molar-refractivity contribution >= 4 is 11.9 Å². The van der Waals surface area contributed by atoms with Crippen molar-refractivity contribution in [1.29, 1.82) is 0 Å². The predicted octanol–water partition coefficient (Wildman–Crippen LogP) is -5.07. The molecule has 1 unspecified atom stereocenters. The second-order valence-electron chi connectivity index (χ2n) is 1.46. The van der Waals surface area contributed by atoms with Gasteiger partial charge in [0.25, 0.3) is 0 Å². The summed E-state index contributed by atoms with van der Waals surface area (Å²) in [4.78, 5) is 20.4. The van der Waals surface area contributed by atoms with E-state index in [2.05, 4.69) is 9.47 Å². The number of rotatable bonds is 3. The van der Waals surface area contributed by atoms with Crippen LogP contribution in [0.1, 0.15) is 0 Å². The van der Waals surface area contributed by atoms with Crippen LogP contribution < -0.4 is 24.0 Å². The molecule has 11 heavy (non-hydrogen) atoms. The van der Waals surface area contributed by atoms with Gasteiger partial charge in [-0.3, -0.25) is 0 Å². The van der Waals surface area contributed by atoms with Gasteiger partial charge in [-0.15, -0.1) is 0 Å². The number of carbonyl (C=O) groups is 2. The van der Waals surface area contributed by atoms with Gasteiger partial charge < -0.3 is 19.4 Å². The van der Waals surface area contributed by atoms with Crippen molar-refractivity contribution in [1.82, 2.24) is 0 Å². The van der Waals surface area contributed by atoms with E-state index in [1.54, 1.807) is 0 Å². The summed E-state index contributed by atoms with van der Waals surface area (Å²) in [5.41, 5.74) is 0. The van der Waals surface area contributed by atoms with Crippen LogP contribution in [-0.2, 0) is 19.1 Å². The van der Waals surface area contributed by atoms with Gasteiger partial charge in [-0.1, -0.05) is 0 Å². The van der Waals surface area contributed by atoms with Crippen molar-refractivity contribution in [3.8, 4) is 0 Å². The van der Waals surface area contributed by atoms with Gasteiger partial charge in [0.1, 0.15) is 0 Å². The third-order valence-electron chi connectivity index (χ3n) is 0.865. The minimum Gasteiger partial charge on any atom is -0.547 e. The predicted molar refractivity (Wildman–Crippen MR) is 27.8 cm³/mol. The van der Waals surface area contributed by atoms with Gasteiger partial charge in [-0.2, -0.15) is 0 Å². The molecule has 1 atom stereocenters. The summed E-state index contributed by atoms with van der Waals surface area (Å²) in [5.74, 6) is -2.57. The van der Waals surface area contributed by atoms with E-state index >= 15 is 0 Å².